The minimum Gasteiger partial charge on any atom is -0.357 e. The van der Waals surface area contributed by atoms with Crippen LogP contribution in [0.15, 0.2) is 47.6 Å². The highest BCUT2D eigenvalue weighted by Gasteiger charge is 2.44. The lowest BCUT2D eigenvalue weighted by Gasteiger charge is -2.19. The van der Waals surface area contributed by atoms with Crippen LogP contribution in [0.25, 0.3) is 0 Å². The monoisotopic (exact) mass is 523 g/mol. The van der Waals surface area contributed by atoms with Crippen molar-refractivity contribution in [2.75, 3.05) is 31.1 Å². The molecule has 30 heavy (non-hydrogen) atoms. The average Bonchev–Trinajstić information content (AvgIpc) is 3.34. The molecule has 1 saturated carbocycles. The Hall–Kier alpha value is -1.90. The number of nitrogens with zero attached hydrogens (tertiary/aromatic N) is 3. The van der Waals surface area contributed by atoms with Crippen LogP contribution in [0.3, 0.4) is 0 Å². The van der Waals surface area contributed by atoms with Crippen LogP contribution in [0, 0.1) is 5.82 Å². The first-order valence-corrected chi connectivity index (χ1v) is 10.7. The molecule has 1 aromatic carbocycles. The molecule has 1 aliphatic carbocycles. The summed E-state index contributed by atoms with van der Waals surface area (Å²) in [6.45, 7) is 6.40. The molecule has 0 unspecified atom stereocenters. The third-order valence-corrected chi connectivity index (χ3v) is 5.89. The number of aromatic nitrogens is 1. The molecule has 7 heteroatoms. The second-order valence-electron chi connectivity index (χ2n) is 8.06. The Labute approximate surface area is 195 Å². The molecule has 2 fully saturated rings. The predicted molar refractivity (Wildman–Crippen MR) is 131 cm³/mol. The molecule has 2 heterocycles. The minimum atomic E-state index is -0.167. The molecule has 0 bridgehead atoms. The third-order valence-electron chi connectivity index (χ3n) is 5.89. The van der Waals surface area contributed by atoms with Gasteiger partial charge in [-0.3, -0.25) is 0 Å². The second kappa shape index (κ2) is 10.4. The third kappa shape index (κ3) is 5.62. The molecule has 1 saturated heterocycles. The Balaban J connectivity index is 0.00000256. The maximum absolute atomic E-state index is 13.6. The maximum atomic E-state index is 13.6. The van der Waals surface area contributed by atoms with E-state index in [9.17, 15) is 4.39 Å². The Bertz CT molecular complexity index is 845. The van der Waals surface area contributed by atoms with Crippen molar-refractivity contribution in [2.24, 2.45) is 4.99 Å². The zero-order chi connectivity index (χ0) is 20.1. The van der Waals surface area contributed by atoms with Crippen LogP contribution in [-0.2, 0) is 12.0 Å². The maximum Gasteiger partial charge on any atom is 0.191 e. The highest BCUT2D eigenvalue weighted by atomic mass is 127. The summed E-state index contributed by atoms with van der Waals surface area (Å²) in [6.07, 6.45) is 6.58. The highest BCUT2D eigenvalue weighted by Crippen LogP contribution is 2.47. The van der Waals surface area contributed by atoms with E-state index in [0.717, 1.165) is 61.9 Å². The van der Waals surface area contributed by atoms with Gasteiger partial charge in [-0.15, -0.1) is 24.0 Å². The fourth-order valence-corrected chi connectivity index (χ4v) is 3.95. The largest absolute Gasteiger partial charge is 0.357 e. The van der Waals surface area contributed by atoms with Gasteiger partial charge in [0, 0.05) is 37.8 Å². The molecule has 4 rings (SSSR count). The van der Waals surface area contributed by atoms with Crippen LogP contribution in [0.1, 0.15) is 43.7 Å². The molecule has 2 N–H and O–H groups in total. The van der Waals surface area contributed by atoms with Crippen molar-refractivity contribution < 1.29 is 4.39 Å². The minimum absolute atomic E-state index is 0. The topological polar surface area (TPSA) is 52.6 Å². The molecule has 162 valence electrons. The van der Waals surface area contributed by atoms with Gasteiger partial charge >= 0.3 is 0 Å². The fraction of sp³-hybridized carbons (Fsp3) is 0.478. The summed E-state index contributed by atoms with van der Waals surface area (Å²) in [6, 6.07) is 11.2. The second-order valence-corrected chi connectivity index (χ2v) is 8.06. The Morgan fingerprint density at radius 2 is 1.97 bits per heavy atom. The summed E-state index contributed by atoms with van der Waals surface area (Å²) < 4.78 is 13.6. The van der Waals surface area contributed by atoms with Gasteiger partial charge in [0.25, 0.3) is 0 Å². The van der Waals surface area contributed by atoms with Gasteiger partial charge in [-0.25, -0.2) is 14.4 Å². The number of nitrogens with one attached hydrogen (secondary N) is 2. The summed E-state index contributed by atoms with van der Waals surface area (Å²) in [4.78, 5) is 11.7. The molecule has 0 radical (unpaired) electrons. The molecule has 0 amide bonds. The van der Waals surface area contributed by atoms with Crippen molar-refractivity contribution in [3.8, 4) is 0 Å². The first-order valence-electron chi connectivity index (χ1n) is 10.7. The Morgan fingerprint density at radius 3 is 2.60 bits per heavy atom. The van der Waals surface area contributed by atoms with Crippen molar-refractivity contribution in [3.05, 3.63) is 59.5 Å². The van der Waals surface area contributed by atoms with Gasteiger partial charge in [0.2, 0.25) is 0 Å². The predicted octanol–water partition coefficient (Wildman–Crippen LogP) is 4.23. The molecule has 5 nitrogen and oxygen atoms in total. The molecular formula is C23H31FIN5. The van der Waals surface area contributed by atoms with Crippen LogP contribution in [0.4, 0.5) is 10.2 Å². The van der Waals surface area contributed by atoms with E-state index in [1.54, 1.807) is 12.1 Å². The summed E-state index contributed by atoms with van der Waals surface area (Å²) in [5, 5.41) is 6.76. The van der Waals surface area contributed by atoms with Crippen molar-refractivity contribution >= 4 is 35.8 Å². The number of hydrogen-bond acceptors (Lipinski definition) is 3. The zero-order valence-corrected chi connectivity index (χ0v) is 19.9. The number of pyridine rings is 1. The first kappa shape index (κ1) is 22.8. The SMILES string of the molecule is CCNC(=NCc1ccc(N2CCCC2)nc1)NCC1(c2cccc(F)c2)CC1.I. The number of guanidine groups is 1. The van der Waals surface area contributed by atoms with E-state index < -0.39 is 0 Å². The molecule has 1 aliphatic heterocycles. The summed E-state index contributed by atoms with van der Waals surface area (Å²) in [5.41, 5.74) is 2.19. The van der Waals surface area contributed by atoms with Crippen molar-refractivity contribution in [1.82, 2.24) is 15.6 Å². The normalized spacial score (nSPS) is 17.4. The van der Waals surface area contributed by atoms with E-state index in [1.807, 2.05) is 12.3 Å². The Morgan fingerprint density at radius 1 is 1.17 bits per heavy atom. The van der Waals surface area contributed by atoms with Gasteiger partial charge in [-0.05, 0) is 61.9 Å². The number of aliphatic imine (C=N–C) groups is 1. The first-order chi connectivity index (χ1) is 14.2. The van der Waals surface area contributed by atoms with Crippen LogP contribution in [0.2, 0.25) is 0 Å². The molecule has 2 aliphatic rings. The van der Waals surface area contributed by atoms with Gasteiger partial charge in [0.1, 0.15) is 11.6 Å². The van der Waals surface area contributed by atoms with Gasteiger partial charge < -0.3 is 15.5 Å². The van der Waals surface area contributed by atoms with Gasteiger partial charge in [0.15, 0.2) is 5.96 Å². The number of anilines is 1. The molecule has 1 aromatic heterocycles. The summed E-state index contributed by atoms with van der Waals surface area (Å²) >= 11 is 0. The van der Waals surface area contributed by atoms with E-state index in [-0.39, 0.29) is 35.2 Å². The van der Waals surface area contributed by atoms with Gasteiger partial charge in [-0.2, -0.15) is 0 Å². The number of benzene rings is 1. The highest BCUT2D eigenvalue weighted by molar-refractivity contribution is 14.0. The molecule has 0 atom stereocenters. The summed E-state index contributed by atoms with van der Waals surface area (Å²) in [7, 11) is 0. The fourth-order valence-electron chi connectivity index (χ4n) is 3.95. The smallest absolute Gasteiger partial charge is 0.191 e. The van der Waals surface area contributed by atoms with E-state index in [0.29, 0.717) is 6.54 Å². The lowest BCUT2D eigenvalue weighted by atomic mass is 9.96. The molecule has 2 aromatic rings. The Kier molecular flexibility index (Phi) is 7.91. The van der Waals surface area contributed by atoms with Crippen LogP contribution in [0.5, 0.6) is 0 Å². The number of hydrogen-bond donors (Lipinski definition) is 2. The van der Waals surface area contributed by atoms with E-state index in [2.05, 4.69) is 39.6 Å². The average molecular weight is 523 g/mol. The van der Waals surface area contributed by atoms with Gasteiger partial charge in [0.05, 0.1) is 6.54 Å². The van der Waals surface area contributed by atoms with Gasteiger partial charge in [-0.1, -0.05) is 18.2 Å². The standard InChI is InChI=1S/C23H30FN5.HI/c1-2-25-22(28-17-23(10-11-23)19-6-5-7-20(24)14-19)27-16-18-8-9-21(26-15-18)29-12-3-4-13-29;/h5-9,14-15H,2-4,10-13,16-17H2,1H3,(H2,25,27,28);1H. The number of rotatable bonds is 7. The van der Waals surface area contributed by atoms with Crippen LogP contribution >= 0.6 is 24.0 Å². The van der Waals surface area contributed by atoms with Crippen LogP contribution < -0.4 is 15.5 Å². The van der Waals surface area contributed by atoms with E-state index in [4.69, 9.17) is 4.99 Å². The number of halogens is 2. The van der Waals surface area contributed by atoms with Crippen molar-refractivity contribution in [2.45, 2.75) is 44.6 Å². The molecule has 0 spiro atoms. The lowest BCUT2D eigenvalue weighted by molar-refractivity contribution is 0.607. The van der Waals surface area contributed by atoms with E-state index in [1.165, 1.54) is 18.9 Å². The lowest BCUT2D eigenvalue weighted by Crippen LogP contribution is -2.41. The van der Waals surface area contributed by atoms with E-state index >= 15 is 0 Å². The van der Waals surface area contributed by atoms with Crippen LogP contribution in [-0.4, -0.2) is 37.1 Å². The quantitative estimate of drug-likeness (QED) is 0.324. The van der Waals surface area contributed by atoms with Crippen molar-refractivity contribution in [1.29, 1.82) is 0 Å². The zero-order valence-electron chi connectivity index (χ0n) is 17.5. The summed E-state index contributed by atoms with van der Waals surface area (Å²) in [5.74, 6) is 1.68. The van der Waals surface area contributed by atoms with Crippen molar-refractivity contribution in [3.63, 3.8) is 0 Å². The molecular weight excluding hydrogens is 492 g/mol.